The molecule has 1 amide bonds. The second-order valence-corrected chi connectivity index (χ2v) is 7.44. The van der Waals surface area contributed by atoms with Gasteiger partial charge in [-0.05, 0) is 41.5 Å². The summed E-state index contributed by atoms with van der Waals surface area (Å²) in [6.45, 7) is 2.10. The van der Waals surface area contributed by atoms with Crippen molar-refractivity contribution in [2.24, 2.45) is 10.9 Å². The molecule has 118 valence electrons. The number of primary amides is 1. The number of thiophene rings is 1. The molecule has 0 radical (unpaired) electrons. The minimum absolute atomic E-state index is 0.0437. The first-order valence-corrected chi connectivity index (χ1v) is 9.30. The predicted octanol–water partition coefficient (Wildman–Crippen LogP) is 2.50. The number of carbonyl (C=O) groups excluding carboxylic acids is 1. The van der Waals surface area contributed by atoms with Crippen molar-refractivity contribution in [1.82, 2.24) is 0 Å². The highest BCUT2D eigenvalue weighted by molar-refractivity contribution is 7.89. The molecule has 2 rings (SSSR count). The van der Waals surface area contributed by atoms with Gasteiger partial charge < -0.3 is 5.73 Å². The molecular formula is C15H18N2O3S2. The molecule has 1 aromatic heterocycles. The van der Waals surface area contributed by atoms with Gasteiger partial charge in [-0.1, -0.05) is 25.5 Å². The van der Waals surface area contributed by atoms with Crippen molar-refractivity contribution in [3.8, 4) is 11.1 Å². The van der Waals surface area contributed by atoms with Crippen LogP contribution in [0, 0.1) is 0 Å². The van der Waals surface area contributed by atoms with Crippen LogP contribution in [0.2, 0.25) is 0 Å². The second kappa shape index (κ2) is 6.60. The van der Waals surface area contributed by atoms with Crippen LogP contribution in [-0.2, 0) is 16.4 Å². The first-order chi connectivity index (χ1) is 10.3. The third-order valence-corrected chi connectivity index (χ3v) is 5.33. The standard InChI is InChI=1S/C15H18N2O3S2/c1-2-3-4-11-9-21-14(15(16)18)13(11)10-5-7-12(8-6-10)22(17,19)20/h5-9H,2-4H2,1H3,(H2,16,18)(H2,17,19,20). The number of amides is 1. The minimum atomic E-state index is -3.73. The van der Waals surface area contributed by atoms with Crippen LogP contribution < -0.4 is 10.9 Å². The average Bonchev–Trinajstić information content (AvgIpc) is 2.88. The largest absolute Gasteiger partial charge is 0.365 e. The van der Waals surface area contributed by atoms with Gasteiger partial charge in [0.1, 0.15) is 0 Å². The van der Waals surface area contributed by atoms with E-state index in [-0.39, 0.29) is 4.90 Å². The Balaban J connectivity index is 2.50. The van der Waals surface area contributed by atoms with Gasteiger partial charge in [0.05, 0.1) is 9.77 Å². The SMILES string of the molecule is CCCCc1csc(C(N)=O)c1-c1ccc(S(N)(=O)=O)cc1. The number of primary sulfonamides is 1. The molecule has 22 heavy (non-hydrogen) atoms. The Bertz CT molecular complexity index is 778. The molecule has 4 N–H and O–H groups in total. The van der Waals surface area contributed by atoms with E-state index in [2.05, 4.69) is 6.92 Å². The molecule has 0 saturated heterocycles. The van der Waals surface area contributed by atoms with Crippen LogP contribution in [-0.4, -0.2) is 14.3 Å². The summed E-state index contributed by atoms with van der Waals surface area (Å²) in [6.07, 6.45) is 2.91. The van der Waals surface area contributed by atoms with Gasteiger partial charge in [0.25, 0.3) is 5.91 Å². The Kier molecular flexibility index (Phi) is 5.00. The molecule has 7 heteroatoms. The summed E-state index contributed by atoms with van der Waals surface area (Å²) in [7, 11) is -3.73. The van der Waals surface area contributed by atoms with E-state index < -0.39 is 15.9 Å². The molecule has 5 nitrogen and oxygen atoms in total. The summed E-state index contributed by atoms with van der Waals surface area (Å²) in [6, 6.07) is 6.20. The van der Waals surface area contributed by atoms with E-state index in [1.807, 2.05) is 5.38 Å². The molecule has 1 aromatic carbocycles. The number of hydrogen-bond donors (Lipinski definition) is 2. The van der Waals surface area contributed by atoms with Crippen molar-refractivity contribution < 1.29 is 13.2 Å². The summed E-state index contributed by atoms with van der Waals surface area (Å²) < 4.78 is 22.6. The quantitative estimate of drug-likeness (QED) is 0.845. The van der Waals surface area contributed by atoms with Gasteiger partial charge in [0.15, 0.2) is 0 Å². The zero-order valence-corrected chi connectivity index (χ0v) is 13.8. The first kappa shape index (κ1) is 16.7. The highest BCUT2D eigenvalue weighted by Gasteiger charge is 2.18. The van der Waals surface area contributed by atoms with Crippen LogP contribution >= 0.6 is 11.3 Å². The Morgan fingerprint density at radius 2 is 1.86 bits per heavy atom. The highest BCUT2D eigenvalue weighted by atomic mass is 32.2. The number of carbonyl (C=O) groups is 1. The van der Waals surface area contributed by atoms with Gasteiger partial charge >= 0.3 is 0 Å². The summed E-state index contributed by atoms with van der Waals surface area (Å²) in [5, 5.41) is 7.04. The Morgan fingerprint density at radius 3 is 2.36 bits per heavy atom. The van der Waals surface area contributed by atoms with Crippen LogP contribution in [0.1, 0.15) is 35.0 Å². The molecule has 0 atom stereocenters. The molecule has 0 fully saturated rings. The summed E-state index contributed by atoms with van der Waals surface area (Å²) in [5.74, 6) is -0.474. The smallest absolute Gasteiger partial charge is 0.259 e. The Morgan fingerprint density at radius 1 is 1.23 bits per heavy atom. The molecule has 2 aromatic rings. The average molecular weight is 338 g/mol. The van der Waals surface area contributed by atoms with E-state index in [9.17, 15) is 13.2 Å². The van der Waals surface area contributed by atoms with E-state index >= 15 is 0 Å². The lowest BCUT2D eigenvalue weighted by Gasteiger charge is -2.07. The van der Waals surface area contributed by atoms with Gasteiger partial charge in [-0.2, -0.15) is 0 Å². The first-order valence-electron chi connectivity index (χ1n) is 6.88. The predicted molar refractivity (Wildman–Crippen MR) is 88.3 cm³/mol. The number of aryl methyl sites for hydroxylation is 1. The molecule has 0 spiro atoms. The van der Waals surface area contributed by atoms with E-state index in [1.54, 1.807) is 12.1 Å². The fraction of sp³-hybridized carbons (Fsp3) is 0.267. The van der Waals surface area contributed by atoms with Crippen molar-refractivity contribution in [2.45, 2.75) is 31.1 Å². The third kappa shape index (κ3) is 3.55. The Hall–Kier alpha value is -1.70. The zero-order chi connectivity index (χ0) is 16.3. The minimum Gasteiger partial charge on any atom is -0.365 e. The summed E-state index contributed by atoms with van der Waals surface area (Å²) in [4.78, 5) is 12.2. The topological polar surface area (TPSA) is 103 Å². The van der Waals surface area contributed by atoms with E-state index in [4.69, 9.17) is 10.9 Å². The number of hydrogen-bond acceptors (Lipinski definition) is 4. The van der Waals surface area contributed by atoms with Gasteiger partial charge in [0, 0.05) is 5.56 Å². The monoisotopic (exact) mass is 338 g/mol. The molecule has 0 bridgehead atoms. The van der Waals surface area contributed by atoms with Crippen LogP contribution in [0.4, 0.5) is 0 Å². The fourth-order valence-electron chi connectivity index (χ4n) is 2.25. The van der Waals surface area contributed by atoms with Crippen molar-refractivity contribution >= 4 is 27.3 Å². The molecule has 0 aliphatic carbocycles. The molecule has 0 aliphatic rings. The lowest BCUT2D eigenvalue weighted by Crippen LogP contribution is -2.12. The second-order valence-electron chi connectivity index (χ2n) is 5.00. The number of unbranched alkanes of at least 4 members (excludes halogenated alkanes) is 1. The van der Waals surface area contributed by atoms with Gasteiger partial charge in [-0.15, -0.1) is 11.3 Å². The summed E-state index contributed by atoms with van der Waals surface area (Å²) in [5.41, 5.74) is 8.08. The van der Waals surface area contributed by atoms with Crippen LogP contribution in [0.3, 0.4) is 0 Å². The Labute approximate surface area is 134 Å². The number of benzene rings is 1. The number of nitrogens with two attached hydrogens (primary N) is 2. The molecule has 0 saturated carbocycles. The lowest BCUT2D eigenvalue weighted by molar-refractivity contribution is 0.100. The summed E-state index contributed by atoms with van der Waals surface area (Å²) >= 11 is 1.32. The fourth-order valence-corrected chi connectivity index (χ4v) is 3.75. The zero-order valence-electron chi connectivity index (χ0n) is 12.2. The molecule has 0 aliphatic heterocycles. The van der Waals surface area contributed by atoms with Crippen molar-refractivity contribution in [1.29, 1.82) is 0 Å². The van der Waals surface area contributed by atoms with Gasteiger partial charge in [-0.25, -0.2) is 13.6 Å². The molecule has 1 heterocycles. The van der Waals surface area contributed by atoms with Crippen LogP contribution in [0.5, 0.6) is 0 Å². The van der Waals surface area contributed by atoms with E-state index in [0.717, 1.165) is 36.0 Å². The van der Waals surface area contributed by atoms with Crippen LogP contribution in [0.25, 0.3) is 11.1 Å². The number of rotatable bonds is 6. The highest BCUT2D eigenvalue weighted by Crippen LogP contribution is 2.34. The van der Waals surface area contributed by atoms with Crippen molar-refractivity contribution in [2.75, 3.05) is 0 Å². The molecular weight excluding hydrogens is 320 g/mol. The van der Waals surface area contributed by atoms with Crippen molar-refractivity contribution in [3.05, 3.63) is 40.1 Å². The molecule has 0 unspecified atom stereocenters. The third-order valence-electron chi connectivity index (χ3n) is 3.36. The van der Waals surface area contributed by atoms with E-state index in [0.29, 0.717) is 4.88 Å². The number of sulfonamides is 1. The lowest BCUT2D eigenvalue weighted by atomic mass is 9.98. The maximum atomic E-state index is 11.6. The van der Waals surface area contributed by atoms with Crippen LogP contribution in [0.15, 0.2) is 34.5 Å². The normalized spacial score (nSPS) is 11.5. The van der Waals surface area contributed by atoms with Gasteiger partial charge in [0.2, 0.25) is 10.0 Å². The maximum absolute atomic E-state index is 11.6. The van der Waals surface area contributed by atoms with E-state index in [1.165, 1.54) is 23.5 Å². The van der Waals surface area contributed by atoms with Gasteiger partial charge in [-0.3, -0.25) is 4.79 Å². The van der Waals surface area contributed by atoms with Crippen molar-refractivity contribution in [3.63, 3.8) is 0 Å². The maximum Gasteiger partial charge on any atom is 0.259 e.